The van der Waals surface area contributed by atoms with E-state index in [1.54, 1.807) is 18.4 Å². The average molecular weight is 168 g/mol. The highest BCUT2D eigenvalue weighted by atomic mass is 15.2. The van der Waals surface area contributed by atoms with Crippen molar-refractivity contribution in [3.05, 3.63) is 35.9 Å². The van der Waals surface area contributed by atoms with Crippen LogP contribution >= 0.6 is 0 Å². The summed E-state index contributed by atoms with van der Waals surface area (Å²) in [4.78, 5) is 0. The molecule has 0 atom stereocenters. The first-order chi connectivity index (χ1) is 6.45. The lowest BCUT2D eigenvalue weighted by atomic mass is 9.74. The summed E-state index contributed by atoms with van der Waals surface area (Å²) in [6, 6.07) is 11.2. The monoisotopic (exact) mass is 168 g/mol. The molecule has 0 nitrogen and oxygen atoms in total. The molecule has 0 radical (unpaired) electrons. The van der Waals surface area contributed by atoms with Crippen LogP contribution in [0.4, 0.5) is 0 Å². The average Bonchev–Trinajstić information content (AvgIpc) is 3.03. The number of fused-ring (bicyclic) bond motifs is 1. The molecule has 0 N–H and O–H groups in total. The first kappa shape index (κ1) is 5.85. The molecule has 2 bridgehead atoms. The van der Waals surface area contributed by atoms with Crippen LogP contribution in [0.5, 0.6) is 0 Å². The van der Waals surface area contributed by atoms with Crippen molar-refractivity contribution >= 4 is 0 Å². The van der Waals surface area contributed by atoms with Gasteiger partial charge in [0.05, 0.1) is 0 Å². The Kier molecular flexibility index (Phi) is 0.577. The molecule has 6 rings (SSSR count). The predicted octanol–water partition coefficient (Wildman–Crippen LogP) is 2.81. The van der Waals surface area contributed by atoms with Crippen LogP contribution in [-0.4, -0.2) is 0 Å². The van der Waals surface area contributed by atoms with Crippen molar-refractivity contribution in [3.63, 3.8) is 0 Å². The highest BCUT2D eigenvalue weighted by Gasteiger charge is 3.17. The highest BCUT2D eigenvalue weighted by Crippen LogP contribution is 3.21. The SMILES string of the molecule is c1ccc(C2C34C5CCC3C524)cc1. The van der Waals surface area contributed by atoms with Crippen molar-refractivity contribution in [2.75, 3.05) is 0 Å². The zero-order valence-corrected chi connectivity index (χ0v) is 7.53. The largest absolute Gasteiger partial charge is 0.0622 e. The molecule has 0 heteroatoms. The van der Waals surface area contributed by atoms with Gasteiger partial charge in [-0.25, -0.2) is 0 Å². The van der Waals surface area contributed by atoms with E-state index in [4.69, 9.17) is 0 Å². The van der Waals surface area contributed by atoms with E-state index >= 15 is 0 Å². The van der Waals surface area contributed by atoms with Gasteiger partial charge in [-0.1, -0.05) is 30.3 Å². The van der Waals surface area contributed by atoms with Crippen molar-refractivity contribution in [1.29, 1.82) is 0 Å². The Hall–Kier alpha value is -0.780. The van der Waals surface area contributed by atoms with E-state index in [0.717, 1.165) is 16.7 Å². The van der Waals surface area contributed by atoms with Gasteiger partial charge >= 0.3 is 0 Å². The Labute approximate surface area is 78.0 Å². The predicted molar refractivity (Wildman–Crippen MR) is 50.3 cm³/mol. The van der Waals surface area contributed by atoms with Gasteiger partial charge in [0, 0.05) is 0 Å². The van der Waals surface area contributed by atoms with E-state index in [-0.39, 0.29) is 0 Å². The van der Waals surface area contributed by atoms with Gasteiger partial charge in [-0.3, -0.25) is 0 Å². The van der Waals surface area contributed by atoms with E-state index in [9.17, 15) is 0 Å². The summed E-state index contributed by atoms with van der Waals surface area (Å²) in [5, 5.41) is 0. The summed E-state index contributed by atoms with van der Waals surface area (Å²) in [6.45, 7) is 0. The molecule has 0 aromatic heterocycles. The molecule has 0 heterocycles. The summed E-state index contributed by atoms with van der Waals surface area (Å²) in [5.41, 5.74) is 3.46. The standard InChI is InChI=1S/C13H12/c1-2-4-8(5-3-1)11-12-9-6-7-10(12)13(9,11)12/h1-5,9-11H,6-7H2. The number of rotatable bonds is 1. The molecule has 5 aliphatic rings. The normalized spacial score (nSPS) is 62.6. The van der Waals surface area contributed by atoms with Crippen molar-refractivity contribution in [3.8, 4) is 0 Å². The third-order valence-corrected chi connectivity index (χ3v) is 5.64. The van der Waals surface area contributed by atoms with Gasteiger partial charge in [-0.05, 0) is 47.0 Å². The first-order valence-corrected chi connectivity index (χ1v) is 5.50. The number of benzene rings is 1. The van der Waals surface area contributed by atoms with Gasteiger partial charge in [0.2, 0.25) is 0 Å². The molecule has 1 aromatic rings. The first-order valence-electron chi connectivity index (χ1n) is 5.50. The van der Waals surface area contributed by atoms with Crippen LogP contribution in [0.25, 0.3) is 0 Å². The molecule has 5 saturated carbocycles. The van der Waals surface area contributed by atoms with Gasteiger partial charge < -0.3 is 0 Å². The Morgan fingerprint density at radius 2 is 1.54 bits per heavy atom. The summed E-state index contributed by atoms with van der Waals surface area (Å²) in [6.07, 6.45) is 3.13. The Bertz CT molecular complexity index is 387. The lowest BCUT2D eigenvalue weighted by Crippen LogP contribution is -2.22. The van der Waals surface area contributed by atoms with E-state index in [1.165, 1.54) is 11.8 Å². The molecular weight excluding hydrogens is 156 g/mol. The molecular formula is C13H12. The molecule has 5 fully saturated rings. The minimum absolute atomic E-state index is 0.911. The van der Waals surface area contributed by atoms with Crippen LogP contribution in [-0.2, 0) is 0 Å². The summed E-state index contributed by atoms with van der Waals surface area (Å²) >= 11 is 0. The molecule has 2 spiro atoms. The van der Waals surface area contributed by atoms with Crippen LogP contribution in [0, 0.1) is 22.7 Å². The maximum absolute atomic E-state index is 2.33. The summed E-state index contributed by atoms with van der Waals surface area (Å²) in [7, 11) is 0. The van der Waals surface area contributed by atoms with E-state index in [1.807, 2.05) is 0 Å². The maximum atomic E-state index is 2.33. The lowest BCUT2D eigenvalue weighted by Gasteiger charge is -2.29. The number of hydrogen-bond donors (Lipinski definition) is 0. The van der Waals surface area contributed by atoms with E-state index < -0.39 is 0 Å². The van der Waals surface area contributed by atoms with Gasteiger partial charge in [0.25, 0.3) is 0 Å². The fourth-order valence-electron chi connectivity index (χ4n) is 5.36. The molecule has 0 unspecified atom stereocenters. The zero-order chi connectivity index (χ0) is 8.26. The van der Waals surface area contributed by atoms with Crippen LogP contribution < -0.4 is 0 Å². The third kappa shape index (κ3) is 0.313. The molecule has 13 heavy (non-hydrogen) atoms. The van der Waals surface area contributed by atoms with Gasteiger partial charge in [-0.15, -0.1) is 0 Å². The van der Waals surface area contributed by atoms with Crippen molar-refractivity contribution < 1.29 is 0 Å². The van der Waals surface area contributed by atoms with Crippen LogP contribution in [0.1, 0.15) is 24.3 Å². The highest BCUT2D eigenvalue weighted by molar-refractivity contribution is 5.69. The van der Waals surface area contributed by atoms with Gasteiger partial charge in [0.15, 0.2) is 0 Å². The van der Waals surface area contributed by atoms with Gasteiger partial charge in [0.1, 0.15) is 0 Å². The van der Waals surface area contributed by atoms with Crippen molar-refractivity contribution in [1.82, 2.24) is 0 Å². The fourth-order valence-corrected chi connectivity index (χ4v) is 5.36. The smallest absolute Gasteiger partial charge is 0.00258 e. The molecule has 0 aliphatic heterocycles. The molecule has 1 aromatic carbocycles. The lowest BCUT2D eigenvalue weighted by molar-refractivity contribution is 0.264. The second-order valence-corrected chi connectivity index (χ2v) is 5.39. The second-order valence-electron chi connectivity index (χ2n) is 5.39. The van der Waals surface area contributed by atoms with Crippen molar-refractivity contribution in [2.45, 2.75) is 18.8 Å². The van der Waals surface area contributed by atoms with Crippen molar-refractivity contribution in [2.24, 2.45) is 22.7 Å². The molecule has 0 amide bonds. The topological polar surface area (TPSA) is 0 Å². The van der Waals surface area contributed by atoms with Crippen LogP contribution in [0.2, 0.25) is 0 Å². The summed E-state index contributed by atoms with van der Waals surface area (Å²) in [5.74, 6) is 3.39. The Morgan fingerprint density at radius 3 is 2.15 bits per heavy atom. The minimum Gasteiger partial charge on any atom is -0.0622 e. The van der Waals surface area contributed by atoms with Crippen LogP contribution in [0.15, 0.2) is 30.3 Å². The van der Waals surface area contributed by atoms with Gasteiger partial charge in [-0.2, -0.15) is 0 Å². The maximum Gasteiger partial charge on any atom is -0.00258 e. The number of hydrogen-bond acceptors (Lipinski definition) is 0. The molecule has 64 valence electrons. The molecule has 5 aliphatic carbocycles. The van der Waals surface area contributed by atoms with E-state index in [2.05, 4.69) is 30.3 Å². The zero-order valence-electron chi connectivity index (χ0n) is 7.53. The Morgan fingerprint density at radius 1 is 0.923 bits per heavy atom. The summed E-state index contributed by atoms with van der Waals surface area (Å²) < 4.78 is 0. The Balaban J connectivity index is 1.60. The van der Waals surface area contributed by atoms with Crippen LogP contribution in [0.3, 0.4) is 0 Å². The molecule has 0 saturated heterocycles. The fraction of sp³-hybridized carbons (Fsp3) is 0.538. The van der Waals surface area contributed by atoms with E-state index in [0.29, 0.717) is 0 Å². The quantitative estimate of drug-likeness (QED) is 0.605. The minimum atomic E-state index is 0.911. The second kappa shape index (κ2) is 1.28. The third-order valence-electron chi connectivity index (χ3n) is 5.64.